The first-order chi connectivity index (χ1) is 6.91. The van der Waals surface area contributed by atoms with Crippen molar-refractivity contribution in [1.29, 1.82) is 0 Å². The zero-order valence-corrected chi connectivity index (χ0v) is 9.33. The number of hydrogen-bond acceptors (Lipinski definition) is 2. The molecule has 0 aromatic heterocycles. The molecule has 0 fully saturated rings. The Kier molecular flexibility index (Phi) is 3.69. The molecular formula is C12H17FO2. The van der Waals surface area contributed by atoms with E-state index in [1.54, 1.807) is 18.2 Å². The van der Waals surface area contributed by atoms with Gasteiger partial charge in [-0.3, -0.25) is 0 Å². The largest absolute Gasteiger partial charge is 0.488 e. The number of aliphatic hydroxyl groups excluding tert-OH is 1. The van der Waals surface area contributed by atoms with Gasteiger partial charge in [0, 0.05) is 0 Å². The highest BCUT2D eigenvalue weighted by Gasteiger charge is 2.22. The number of benzene rings is 1. The average molecular weight is 212 g/mol. The first-order valence-corrected chi connectivity index (χ1v) is 4.96. The third-order valence-corrected chi connectivity index (χ3v) is 2.23. The van der Waals surface area contributed by atoms with Gasteiger partial charge in [0.25, 0.3) is 0 Å². The number of para-hydroxylation sites is 1. The maximum atomic E-state index is 13.1. The summed E-state index contributed by atoms with van der Waals surface area (Å²) in [7, 11) is 0. The lowest BCUT2D eigenvalue weighted by Gasteiger charge is -2.25. The minimum atomic E-state index is -0.614. The van der Waals surface area contributed by atoms with Crippen LogP contribution in [0.5, 0.6) is 5.75 Å². The van der Waals surface area contributed by atoms with E-state index in [1.165, 1.54) is 6.07 Å². The van der Waals surface area contributed by atoms with E-state index >= 15 is 0 Å². The first kappa shape index (κ1) is 12.0. The minimum Gasteiger partial charge on any atom is -0.488 e. The van der Waals surface area contributed by atoms with Crippen LogP contribution < -0.4 is 4.74 Å². The van der Waals surface area contributed by atoms with Gasteiger partial charge in [0.15, 0.2) is 11.6 Å². The monoisotopic (exact) mass is 212 g/mol. The molecule has 84 valence electrons. The molecule has 0 amide bonds. The molecule has 1 atom stereocenters. The zero-order chi connectivity index (χ0) is 11.5. The number of hydrogen-bond donors (Lipinski definition) is 1. The average Bonchev–Trinajstić information content (AvgIpc) is 2.14. The van der Waals surface area contributed by atoms with Gasteiger partial charge in [-0.25, -0.2) is 4.39 Å². The molecule has 0 bridgehead atoms. The van der Waals surface area contributed by atoms with Crippen molar-refractivity contribution in [1.82, 2.24) is 0 Å². The Hall–Kier alpha value is -1.09. The van der Waals surface area contributed by atoms with Crippen LogP contribution in [0, 0.1) is 11.2 Å². The summed E-state index contributed by atoms with van der Waals surface area (Å²) in [5, 5.41) is 9.69. The Morgan fingerprint density at radius 2 is 1.93 bits per heavy atom. The van der Waals surface area contributed by atoms with Crippen molar-refractivity contribution in [2.24, 2.45) is 5.41 Å². The van der Waals surface area contributed by atoms with Crippen molar-refractivity contribution in [3.8, 4) is 5.75 Å². The number of aliphatic hydroxyl groups is 1. The number of halogens is 1. The molecule has 2 nitrogen and oxygen atoms in total. The van der Waals surface area contributed by atoms with Crippen LogP contribution in [-0.2, 0) is 0 Å². The molecule has 1 aromatic carbocycles. The van der Waals surface area contributed by atoms with Crippen LogP contribution in [-0.4, -0.2) is 17.8 Å². The molecule has 0 saturated heterocycles. The summed E-state index contributed by atoms with van der Waals surface area (Å²) in [6.07, 6.45) is -0.614. The molecule has 3 heteroatoms. The predicted octanol–water partition coefficient (Wildman–Crippen LogP) is 2.61. The molecule has 1 unspecified atom stereocenters. The fraction of sp³-hybridized carbons (Fsp3) is 0.500. The summed E-state index contributed by atoms with van der Waals surface area (Å²) in [4.78, 5) is 0. The normalized spacial score (nSPS) is 13.7. The molecule has 0 aliphatic carbocycles. The van der Waals surface area contributed by atoms with E-state index in [2.05, 4.69) is 0 Å². The fourth-order valence-electron chi connectivity index (χ4n) is 0.981. The van der Waals surface area contributed by atoms with Crippen LogP contribution in [0.2, 0.25) is 0 Å². The lowest BCUT2D eigenvalue weighted by atomic mass is 9.90. The van der Waals surface area contributed by atoms with Gasteiger partial charge in [-0.15, -0.1) is 0 Å². The first-order valence-electron chi connectivity index (χ1n) is 4.96. The van der Waals surface area contributed by atoms with Crippen LogP contribution in [0.4, 0.5) is 4.39 Å². The van der Waals surface area contributed by atoms with E-state index in [-0.39, 0.29) is 17.8 Å². The summed E-state index contributed by atoms with van der Waals surface area (Å²) in [6, 6.07) is 6.17. The van der Waals surface area contributed by atoms with Gasteiger partial charge in [0.05, 0.1) is 6.10 Å². The van der Waals surface area contributed by atoms with Crippen molar-refractivity contribution in [2.75, 3.05) is 6.61 Å². The summed E-state index contributed by atoms with van der Waals surface area (Å²) >= 11 is 0. The van der Waals surface area contributed by atoms with Crippen molar-refractivity contribution in [2.45, 2.75) is 26.9 Å². The predicted molar refractivity (Wildman–Crippen MR) is 57.4 cm³/mol. The summed E-state index contributed by atoms with van der Waals surface area (Å²) in [6.45, 7) is 5.82. The summed E-state index contributed by atoms with van der Waals surface area (Å²) in [5.41, 5.74) is -0.259. The molecule has 0 aliphatic rings. The molecule has 0 aliphatic heterocycles. The van der Waals surface area contributed by atoms with Crippen LogP contribution in [0.15, 0.2) is 24.3 Å². The molecule has 0 saturated carbocycles. The molecule has 0 heterocycles. The van der Waals surface area contributed by atoms with E-state index in [0.717, 1.165) is 0 Å². The topological polar surface area (TPSA) is 29.5 Å². The third-order valence-electron chi connectivity index (χ3n) is 2.23. The van der Waals surface area contributed by atoms with E-state index in [9.17, 15) is 9.50 Å². The van der Waals surface area contributed by atoms with E-state index in [4.69, 9.17) is 4.74 Å². The quantitative estimate of drug-likeness (QED) is 0.834. The molecule has 0 radical (unpaired) electrons. The van der Waals surface area contributed by atoms with Gasteiger partial charge in [-0.1, -0.05) is 32.9 Å². The highest BCUT2D eigenvalue weighted by atomic mass is 19.1. The molecular weight excluding hydrogens is 195 g/mol. The molecule has 1 N–H and O–H groups in total. The van der Waals surface area contributed by atoms with Crippen molar-refractivity contribution in [3.05, 3.63) is 30.1 Å². The van der Waals surface area contributed by atoms with Gasteiger partial charge >= 0.3 is 0 Å². The lowest BCUT2D eigenvalue weighted by Crippen LogP contribution is -2.32. The maximum Gasteiger partial charge on any atom is 0.165 e. The Bertz CT molecular complexity index is 318. The lowest BCUT2D eigenvalue weighted by molar-refractivity contribution is 0.0207. The Morgan fingerprint density at radius 1 is 1.33 bits per heavy atom. The Morgan fingerprint density at radius 3 is 2.47 bits per heavy atom. The van der Waals surface area contributed by atoms with E-state index in [0.29, 0.717) is 0 Å². The summed E-state index contributed by atoms with van der Waals surface area (Å²) < 4.78 is 18.3. The minimum absolute atomic E-state index is 0.102. The molecule has 1 rings (SSSR count). The second-order valence-electron chi connectivity index (χ2n) is 4.62. The van der Waals surface area contributed by atoms with Crippen LogP contribution in [0.25, 0.3) is 0 Å². The highest BCUT2D eigenvalue weighted by molar-refractivity contribution is 5.23. The second-order valence-corrected chi connectivity index (χ2v) is 4.62. The van der Waals surface area contributed by atoms with Gasteiger partial charge in [0.2, 0.25) is 0 Å². The van der Waals surface area contributed by atoms with Crippen molar-refractivity contribution < 1.29 is 14.2 Å². The standard InChI is InChI=1S/C12H17FO2/c1-12(2,3)11(14)8-15-10-7-5-4-6-9(10)13/h4-7,11,14H,8H2,1-3H3. The Labute approximate surface area is 89.7 Å². The van der Waals surface area contributed by atoms with Gasteiger partial charge < -0.3 is 9.84 Å². The Balaban J connectivity index is 2.55. The van der Waals surface area contributed by atoms with Crippen LogP contribution in [0.3, 0.4) is 0 Å². The van der Waals surface area contributed by atoms with Gasteiger partial charge in [-0.2, -0.15) is 0 Å². The highest BCUT2D eigenvalue weighted by Crippen LogP contribution is 2.21. The molecule has 0 spiro atoms. The molecule has 15 heavy (non-hydrogen) atoms. The zero-order valence-electron chi connectivity index (χ0n) is 9.33. The van der Waals surface area contributed by atoms with Crippen molar-refractivity contribution in [3.63, 3.8) is 0 Å². The van der Waals surface area contributed by atoms with Crippen LogP contribution >= 0.6 is 0 Å². The fourth-order valence-corrected chi connectivity index (χ4v) is 0.981. The van der Waals surface area contributed by atoms with Crippen LogP contribution in [0.1, 0.15) is 20.8 Å². The smallest absolute Gasteiger partial charge is 0.165 e. The van der Waals surface area contributed by atoms with Gasteiger partial charge in [-0.05, 0) is 17.5 Å². The van der Waals surface area contributed by atoms with E-state index in [1.807, 2.05) is 20.8 Å². The van der Waals surface area contributed by atoms with Crippen molar-refractivity contribution >= 4 is 0 Å². The number of rotatable bonds is 3. The van der Waals surface area contributed by atoms with E-state index < -0.39 is 11.9 Å². The SMILES string of the molecule is CC(C)(C)C(O)COc1ccccc1F. The summed E-state index contributed by atoms with van der Waals surface area (Å²) in [5.74, 6) is -0.223. The third kappa shape index (κ3) is 3.51. The maximum absolute atomic E-state index is 13.1. The molecule has 1 aromatic rings. The van der Waals surface area contributed by atoms with Gasteiger partial charge in [0.1, 0.15) is 6.61 Å². The second kappa shape index (κ2) is 4.62. The number of ether oxygens (including phenoxy) is 1.